The van der Waals surface area contributed by atoms with Gasteiger partial charge in [0.05, 0.1) is 0 Å². The van der Waals surface area contributed by atoms with Crippen LogP contribution in [0.1, 0.15) is 33.6 Å². The minimum Gasteiger partial charge on any atom is -0.385 e. The molecule has 0 heterocycles. The lowest BCUT2D eigenvalue weighted by atomic mass is 10.1. The molecule has 0 spiro atoms. The van der Waals surface area contributed by atoms with Gasteiger partial charge in [0.15, 0.2) is 0 Å². The van der Waals surface area contributed by atoms with Gasteiger partial charge in [-0.05, 0) is 33.6 Å². The fourth-order valence-corrected chi connectivity index (χ4v) is 1.69. The van der Waals surface area contributed by atoms with Gasteiger partial charge in [-0.1, -0.05) is 0 Å². The molecule has 0 saturated heterocycles. The molecule has 2 nitrogen and oxygen atoms in total. The van der Waals surface area contributed by atoms with Gasteiger partial charge in [0.1, 0.15) is 0 Å². The summed E-state index contributed by atoms with van der Waals surface area (Å²) in [5.41, 5.74) is 0. The summed E-state index contributed by atoms with van der Waals surface area (Å²) in [4.78, 5) is 0. The molecule has 0 aromatic heterocycles. The Morgan fingerprint density at radius 3 is 2.31 bits per heavy atom. The number of nitrogens with one attached hydrogen (secondary N) is 1. The fourth-order valence-electron chi connectivity index (χ4n) is 1.42. The molecule has 0 aromatic carbocycles. The van der Waals surface area contributed by atoms with Gasteiger partial charge in [-0.25, -0.2) is 0 Å². The molecule has 3 atom stereocenters. The molecule has 0 aliphatic heterocycles. The number of methoxy groups -OCH3 is 1. The van der Waals surface area contributed by atoms with Crippen molar-refractivity contribution in [3.05, 3.63) is 0 Å². The Morgan fingerprint density at radius 1 is 1.23 bits per heavy atom. The highest BCUT2D eigenvalue weighted by molar-refractivity contribution is 6.20. The van der Waals surface area contributed by atoms with Crippen LogP contribution in [0.2, 0.25) is 0 Å². The molecule has 3 unspecified atom stereocenters. The first-order chi connectivity index (χ1) is 6.06. The van der Waals surface area contributed by atoms with Crippen LogP contribution in [0.15, 0.2) is 0 Å². The lowest BCUT2D eigenvalue weighted by molar-refractivity contribution is 0.182. The average molecular weight is 208 g/mol. The normalized spacial score (nSPS) is 18.2. The van der Waals surface area contributed by atoms with Gasteiger partial charge in [-0.2, -0.15) is 0 Å². The van der Waals surface area contributed by atoms with Gasteiger partial charge in [-0.3, -0.25) is 0 Å². The Labute approximate surface area is 87.0 Å². The van der Waals surface area contributed by atoms with E-state index in [0.29, 0.717) is 12.1 Å². The zero-order valence-corrected chi connectivity index (χ0v) is 9.90. The summed E-state index contributed by atoms with van der Waals surface area (Å²) < 4.78 is 5.01. The number of alkyl halides is 1. The standard InChI is InChI=1S/C10H22ClNO/c1-8(11)7-10(3)12-9(2)5-6-13-4/h8-10,12H,5-7H2,1-4H3. The van der Waals surface area contributed by atoms with Crippen molar-refractivity contribution in [3.8, 4) is 0 Å². The van der Waals surface area contributed by atoms with Gasteiger partial charge in [0.2, 0.25) is 0 Å². The second-order valence-corrected chi connectivity index (χ2v) is 4.51. The van der Waals surface area contributed by atoms with Crippen LogP contribution < -0.4 is 5.32 Å². The largest absolute Gasteiger partial charge is 0.385 e. The molecule has 0 aliphatic rings. The van der Waals surface area contributed by atoms with E-state index in [9.17, 15) is 0 Å². The monoisotopic (exact) mass is 207 g/mol. The third-order valence-electron chi connectivity index (χ3n) is 2.00. The van der Waals surface area contributed by atoms with Crippen molar-refractivity contribution in [1.29, 1.82) is 0 Å². The predicted octanol–water partition coefficient (Wildman–Crippen LogP) is 2.41. The summed E-state index contributed by atoms with van der Waals surface area (Å²) in [5, 5.41) is 3.73. The molecule has 0 fully saturated rings. The van der Waals surface area contributed by atoms with Gasteiger partial charge in [0.25, 0.3) is 0 Å². The molecule has 0 saturated carbocycles. The van der Waals surface area contributed by atoms with Gasteiger partial charge < -0.3 is 10.1 Å². The van der Waals surface area contributed by atoms with Crippen LogP contribution in [0.25, 0.3) is 0 Å². The summed E-state index contributed by atoms with van der Waals surface area (Å²) >= 11 is 5.90. The van der Waals surface area contributed by atoms with Crippen LogP contribution in [0.3, 0.4) is 0 Å². The van der Waals surface area contributed by atoms with Crippen molar-refractivity contribution in [2.24, 2.45) is 0 Å². The van der Waals surface area contributed by atoms with E-state index in [1.54, 1.807) is 7.11 Å². The Morgan fingerprint density at radius 2 is 1.85 bits per heavy atom. The molecule has 0 radical (unpaired) electrons. The zero-order chi connectivity index (χ0) is 10.3. The second kappa shape index (κ2) is 7.60. The topological polar surface area (TPSA) is 21.3 Å². The van der Waals surface area contributed by atoms with Crippen LogP contribution in [0.4, 0.5) is 0 Å². The lowest BCUT2D eigenvalue weighted by Crippen LogP contribution is -2.36. The van der Waals surface area contributed by atoms with Crippen LogP contribution in [-0.4, -0.2) is 31.2 Å². The molecular weight excluding hydrogens is 186 g/mol. The highest BCUT2D eigenvalue weighted by atomic mass is 35.5. The summed E-state index contributed by atoms with van der Waals surface area (Å²) in [5.74, 6) is 0. The maximum Gasteiger partial charge on any atom is 0.0476 e. The third kappa shape index (κ3) is 8.54. The Hall–Kier alpha value is 0.210. The number of ether oxygens (including phenoxy) is 1. The van der Waals surface area contributed by atoms with E-state index < -0.39 is 0 Å². The summed E-state index contributed by atoms with van der Waals surface area (Å²) in [7, 11) is 1.73. The lowest BCUT2D eigenvalue weighted by Gasteiger charge is -2.20. The maximum atomic E-state index is 5.90. The molecule has 0 aromatic rings. The van der Waals surface area contributed by atoms with Crippen molar-refractivity contribution in [2.75, 3.05) is 13.7 Å². The number of hydrogen-bond donors (Lipinski definition) is 1. The minimum absolute atomic E-state index is 0.247. The van der Waals surface area contributed by atoms with E-state index in [0.717, 1.165) is 19.4 Å². The Balaban J connectivity index is 3.46. The summed E-state index contributed by atoms with van der Waals surface area (Å²) in [6.07, 6.45) is 2.07. The number of halogens is 1. The first-order valence-corrected chi connectivity index (χ1v) is 5.39. The zero-order valence-electron chi connectivity index (χ0n) is 9.14. The van der Waals surface area contributed by atoms with E-state index in [1.165, 1.54) is 0 Å². The van der Waals surface area contributed by atoms with E-state index >= 15 is 0 Å². The van der Waals surface area contributed by atoms with Gasteiger partial charge in [0, 0.05) is 31.2 Å². The van der Waals surface area contributed by atoms with E-state index in [2.05, 4.69) is 19.2 Å². The fraction of sp³-hybridized carbons (Fsp3) is 1.00. The Bertz CT molecular complexity index is 119. The molecule has 13 heavy (non-hydrogen) atoms. The maximum absolute atomic E-state index is 5.90. The molecule has 0 rings (SSSR count). The molecule has 80 valence electrons. The van der Waals surface area contributed by atoms with E-state index in [4.69, 9.17) is 16.3 Å². The SMILES string of the molecule is COCCC(C)NC(C)CC(C)Cl. The van der Waals surface area contributed by atoms with Crippen molar-refractivity contribution < 1.29 is 4.74 Å². The van der Waals surface area contributed by atoms with Crippen molar-refractivity contribution in [2.45, 2.75) is 51.1 Å². The molecule has 0 amide bonds. The van der Waals surface area contributed by atoms with Crippen molar-refractivity contribution in [1.82, 2.24) is 5.32 Å². The van der Waals surface area contributed by atoms with Crippen LogP contribution in [0, 0.1) is 0 Å². The Kier molecular flexibility index (Phi) is 7.72. The highest BCUT2D eigenvalue weighted by Gasteiger charge is 2.09. The summed E-state index contributed by atoms with van der Waals surface area (Å²) in [6, 6.07) is 0.990. The van der Waals surface area contributed by atoms with E-state index in [-0.39, 0.29) is 5.38 Å². The molecule has 0 aliphatic carbocycles. The van der Waals surface area contributed by atoms with E-state index in [1.807, 2.05) is 6.92 Å². The first-order valence-electron chi connectivity index (χ1n) is 4.95. The first kappa shape index (κ1) is 13.2. The molecular formula is C10H22ClNO. The van der Waals surface area contributed by atoms with Crippen LogP contribution >= 0.6 is 11.6 Å². The average Bonchev–Trinajstić information content (AvgIpc) is 1.98. The number of hydrogen-bond acceptors (Lipinski definition) is 2. The van der Waals surface area contributed by atoms with Gasteiger partial charge in [-0.15, -0.1) is 11.6 Å². The minimum atomic E-state index is 0.247. The second-order valence-electron chi connectivity index (χ2n) is 3.77. The third-order valence-corrected chi connectivity index (χ3v) is 2.18. The highest BCUT2D eigenvalue weighted by Crippen LogP contribution is 2.05. The van der Waals surface area contributed by atoms with Crippen molar-refractivity contribution >= 4 is 11.6 Å². The quantitative estimate of drug-likeness (QED) is 0.648. The number of rotatable bonds is 7. The molecule has 0 bridgehead atoms. The van der Waals surface area contributed by atoms with Gasteiger partial charge >= 0.3 is 0 Å². The smallest absolute Gasteiger partial charge is 0.0476 e. The van der Waals surface area contributed by atoms with Crippen LogP contribution in [0.5, 0.6) is 0 Å². The summed E-state index contributed by atoms with van der Waals surface area (Å²) in [6.45, 7) is 7.19. The molecule has 1 N–H and O–H groups in total. The molecule has 3 heteroatoms. The van der Waals surface area contributed by atoms with Crippen molar-refractivity contribution in [3.63, 3.8) is 0 Å². The predicted molar refractivity (Wildman–Crippen MR) is 58.5 cm³/mol. The van der Waals surface area contributed by atoms with Crippen LogP contribution in [-0.2, 0) is 4.74 Å².